The van der Waals surface area contributed by atoms with Gasteiger partial charge in [0.15, 0.2) is 0 Å². The molecule has 0 bridgehead atoms. The molecule has 0 spiro atoms. The normalized spacial score (nSPS) is 12.5. The van der Waals surface area contributed by atoms with Crippen molar-refractivity contribution in [3.05, 3.63) is 0 Å². The summed E-state index contributed by atoms with van der Waals surface area (Å²) >= 11 is 2.62. The van der Waals surface area contributed by atoms with Crippen molar-refractivity contribution in [1.82, 2.24) is 0 Å². The van der Waals surface area contributed by atoms with Crippen molar-refractivity contribution < 1.29 is 9.90 Å². The monoisotopic (exact) mass is 410 g/mol. The number of hydrogen-bond acceptors (Lipinski definition) is 1. The van der Waals surface area contributed by atoms with Crippen LogP contribution in [0, 0.1) is 0 Å². The maximum Gasteiger partial charge on any atom is 0.303 e. The van der Waals surface area contributed by atoms with Gasteiger partial charge in [0.25, 0.3) is 0 Å². The first-order valence-electron chi connectivity index (χ1n) is 9.02. The van der Waals surface area contributed by atoms with Gasteiger partial charge in [-0.25, -0.2) is 0 Å². The summed E-state index contributed by atoms with van der Waals surface area (Å²) in [5.74, 6) is -0.656. The number of hydrogen-bond donors (Lipinski definition) is 1. The summed E-state index contributed by atoms with van der Waals surface area (Å²) in [5.41, 5.74) is 0. The van der Waals surface area contributed by atoms with Crippen LogP contribution in [0.2, 0.25) is 0 Å². The van der Waals surface area contributed by atoms with E-state index in [-0.39, 0.29) is 0 Å². The molecular formula is C18H35IO2. The minimum absolute atomic E-state index is 0.340. The average Bonchev–Trinajstić information content (AvgIpc) is 2.45. The van der Waals surface area contributed by atoms with Gasteiger partial charge in [-0.2, -0.15) is 0 Å². The molecule has 0 aromatic heterocycles. The third-order valence-corrected chi connectivity index (χ3v) is 5.27. The van der Waals surface area contributed by atoms with E-state index in [0.29, 0.717) is 6.42 Å². The molecule has 0 aliphatic rings. The first-order valence-corrected chi connectivity index (χ1v) is 10.3. The molecule has 2 nitrogen and oxygen atoms in total. The summed E-state index contributed by atoms with van der Waals surface area (Å²) in [6.07, 6.45) is 18.6. The number of alkyl halides is 1. The largest absolute Gasteiger partial charge is 0.481 e. The Hall–Kier alpha value is 0.200. The van der Waals surface area contributed by atoms with Gasteiger partial charge in [-0.15, -0.1) is 0 Å². The lowest BCUT2D eigenvalue weighted by Gasteiger charge is -2.09. The van der Waals surface area contributed by atoms with Crippen molar-refractivity contribution in [2.24, 2.45) is 0 Å². The van der Waals surface area contributed by atoms with E-state index < -0.39 is 5.97 Å². The van der Waals surface area contributed by atoms with Gasteiger partial charge in [0.1, 0.15) is 0 Å². The van der Waals surface area contributed by atoms with Gasteiger partial charge in [-0.05, 0) is 19.3 Å². The zero-order valence-corrected chi connectivity index (χ0v) is 16.1. The Bertz CT molecular complexity index is 231. The molecule has 0 aromatic carbocycles. The van der Waals surface area contributed by atoms with Crippen molar-refractivity contribution in [2.45, 2.75) is 107 Å². The van der Waals surface area contributed by atoms with E-state index in [1.807, 2.05) is 0 Å². The fraction of sp³-hybridized carbons (Fsp3) is 0.944. The highest BCUT2D eigenvalue weighted by atomic mass is 127. The summed E-state index contributed by atoms with van der Waals surface area (Å²) in [5, 5.41) is 8.55. The summed E-state index contributed by atoms with van der Waals surface area (Å²) in [6.45, 7) is 2.27. The van der Waals surface area contributed by atoms with E-state index in [1.165, 1.54) is 77.0 Å². The molecule has 0 aromatic rings. The van der Waals surface area contributed by atoms with Gasteiger partial charge in [0.05, 0.1) is 0 Å². The number of aliphatic carboxylic acids is 1. The van der Waals surface area contributed by atoms with Crippen molar-refractivity contribution in [3.8, 4) is 0 Å². The molecular weight excluding hydrogens is 375 g/mol. The van der Waals surface area contributed by atoms with E-state index in [9.17, 15) is 4.79 Å². The lowest BCUT2D eigenvalue weighted by Crippen LogP contribution is -1.98. The number of rotatable bonds is 16. The molecule has 1 N–H and O–H groups in total. The highest BCUT2D eigenvalue weighted by molar-refractivity contribution is 14.1. The molecule has 126 valence electrons. The Kier molecular flexibility index (Phi) is 16.7. The van der Waals surface area contributed by atoms with Crippen LogP contribution in [0.4, 0.5) is 0 Å². The first kappa shape index (κ1) is 21.2. The summed E-state index contributed by atoms with van der Waals surface area (Å²) in [7, 11) is 0. The Morgan fingerprint density at radius 3 is 1.71 bits per heavy atom. The predicted octanol–water partition coefficient (Wildman–Crippen LogP) is 6.75. The minimum atomic E-state index is -0.656. The molecule has 0 aliphatic heterocycles. The van der Waals surface area contributed by atoms with Crippen LogP contribution in [0.3, 0.4) is 0 Å². The molecule has 0 saturated carbocycles. The number of carbonyl (C=O) groups is 1. The second-order valence-corrected chi connectivity index (χ2v) is 7.97. The SMILES string of the molecule is CCCCCCCCCC(I)CCCCCCCC(=O)O. The molecule has 21 heavy (non-hydrogen) atoms. The standard InChI is InChI=1S/C18H35IO2/c1-2-3-4-5-6-8-11-14-17(19)15-12-9-7-10-13-16-18(20)21/h17H,2-16H2,1H3,(H,20,21). The zero-order chi connectivity index (χ0) is 15.8. The molecule has 1 unspecified atom stereocenters. The maximum absolute atomic E-state index is 10.4. The van der Waals surface area contributed by atoms with E-state index in [4.69, 9.17) is 5.11 Å². The van der Waals surface area contributed by atoms with Crippen LogP contribution in [-0.2, 0) is 4.79 Å². The fourth-order valence-corrected chi connectivity index (χ4v) is 3.52. The quantitative estimate of drug-likeness (QED) is 0.174. The Morgan fingerprint density at radius 2 is 1.24 bits per heavy atom. The van der Waals surface area contributed by atoms with E-state index in [1.54, 1.807) is 0 Å². The molecule has 0 radical (unpaired) electrons. The second-order valence-electron chi connectivity index (χ2n) is 6.21. The Labute approximate surface area is 145 Å². The van der Waals surface area contributed by atoms with Gasteiger partial charge in [0.2, 0.25) is 0 Å². The van der Waals surface area contributed by atoms with Gasteiger partial charge in [-0.1, -0.05) is 100 Å². The zero-order valence-electron chi connectivity index (χ0n) is 13.9. The van der Waals surface area contributed by atoms with E-state index in [2.05, 4.69) is 29.5 Å². The summed E-state index contributed by atoms with van der Waals surface area (Å²) < 4.78 is 0.845. The van der Waals surface area contributed by atoms with Crippen LogP contribution in [0.5, 0.6) is 0 Å². The highest BCUT2D eigenvalue weighted by Crippen LogP contribution is 2.20. The van der Waals surface area contributed by atoms with Crippen molar-refractivity contribution in [3.63, 3.8) is 0 Å². The van der Waals surface area contributed by atoms with Crippen molar-refractivity contribution in [2.75, 3.05) is 0 Å². The molecule has 0 fully saturated rings. The van der Waals surface area contributed by atoms with Crippen LogP contribution < -0.4 is 0 Å². The third kappa shape index (κ3) is 18.2. The molecule has 3 heteroatoms. The average molecular weight is 410 g/mol. The number of unbranched alkanes of at least 4 members (excludes halogenated alkanes) is 10. The van der Waals surface area contributed by atoms with Gasteiger partial charge in [-0.3, -0.25) is 4.79 Å². The van der Waals surface area contributed by atoms with Gasteiger partial charge < -0.3 is 5.11 Å². The molecule has 1 atom stereocenters. The first-order chi connectivity index (χ1) is 10.2. The lowest BCUT2D eigenvalue weighted by molar-refractivity contribution is -0.137. The number of halogens is 1. The maximum atomic E-state index is 10.4. The van der Waals surface area contributed by atoms with E-state index in [0.717, 1.165) is 16.8 Å². The van der Waals surface area contributed by atoms with Crippen molar-refractivity contribution >= 4 is 28.6 Å². The Morgan fingerprint density at radius 1 is 0.810 bits per heavy atom. The van der Waals surface area contributed by atoms with E-state index >= 15 is 0 Å². The number of carboxylic acid groups (broad SMARTS) is 1. The van der Waals surface area contributed by atoms with Gasteiger partial charge in [0, 0.05) is 10.3 Å². The highest BCUT2D eigenvalue weighted by Gasteiger charge is 2.04. The summed E-state index contributed by atoms with van der Waals surface area (Å²) in [6, 6.07) is 0. The topological polar surface area (TPSA) is 37.3 Å². The fourth-order valence-electron chi connectivity index (χ4n) is 2.64. The minimum Gasteiger partial charge on any atom is -0.481 e. The predicted molar refractivity (Wildman–Crippen MR) is 100 cm³/mol. The van der Waals surface area contributed by atoms with Crippen LogP contribution in [0.1, 0.15) is 103 Å². The van der Waals surface area contributed by atoms with Crippen LogP contribution in [0.15, 0.2) is 0 Å². The molecule has 0 rings (SSSR count). The van der Waals surface area contributed by atoms with Crippen LogP contribution >= 0.6 is 22.6 Å². The smallest absolute Gasteiger partial charge is 0.303 e. The van der Waals surface area contributed by atoms with Crippen LogP contribution in [-0.4, -0.2) is 15.0 Å². The molecule has 0 heterocycles. The van der Waals surface area contributed by atoms with Crippen molar-refractivity contribution in [1.29, 1.82) is 0 Å². The Balaban J connectivity index is 3.16. The molecule has 0 amide bonds. The second kappa shape index (κ2) is 16.6. The number of carboxylic acids is 1. The molecule has 0 aliphatic carbocycles. The van der Waals surface area contributed by atoms with Crippen LogP contribution in [0.25, 0.3) is 0 Å². The third-order valence-electron chi connectivity index (χ3n) is 4.03. The lowest BCUT2D eigenvalue weighted by atomic mass is 10.0. The summed E-state index contributed by atoms with van der Waals surface area (Å²) in [4.78, 5) is 10.4. The molecule has 0 saturated heterocycles. The van der Waals surface area contributed by atoms with Gasteiger partial charge >= 0.3 is 5.97 Å².